The van der Waals surface area contributed by atoms with E-state index in [1.54, 1.807) is 0 Å². The first-order valence-electron chi connectivity index (χ1n) is 18.7. The van der Waals surface area contributed by atoms with Gasteiger partial charge in [0.05, 0.1) is 22.1 Å². The first-order valence-corrected chi connectivity index (χ1v) is 18.7. The lowest BCUT2D eigenvalue weighted by Crippen LogP contribution is -2.00. The van der Waals surface area contributed by atoms with Crippen LogP contribution in [0.2, 0.25) is 0 Å². The van der Waals surface area contributed by atoms with Crippen molar-refractivity contribution in [2.24, 2.45) is 5.92 Å². The lowest BCUT2D eigenvalue weighted by atomic mass is 10.1. The van der Waals surface area contributed by atoms with Gasteiger partial charge in [-0.15, -0.1) is 0 Å². The highest BCUT2D eigenvalue weighted by molar-refractivity contribution is 6.19. The van der Waals surface area contributed by atoms with Crippen molar-refractivity contribution in [2.45, 2.75) is 103 Å². The Hall–Kier alpha value is -4.30. The molecule has 0 fully saturated rings. The Balaban J connectivity index is 0.000000576. The molecule has 2 aromatic heterocycles. The minimum atomic E-state index is 0.696. The van der Waals surface area contributed by atoms with Crippen LogP contribution in [0.3, 0.4) is 0 Å². The van der Waals surface area contributed by atoms with Crippen LogP contribution in [0.5, 0.6) is 0 Å². The average molecular weight is 641 g/mol. The van der Waals surface area contributed by atoms with Gasteiger partial charge in [0.1, 0.15) is 0 Å². The molecule has 1 aliphatic rings. The smallest absolute Gasteiger partial charge is 0.0548 e. The van der Waals surface area contributed by atoms with E-state index in [9.17, 15) is 0 Å². The Morgan fingerprint density at radius 3 is 1.46 bits per heavy atom. The van der Waals surface area contributed by atoms with Crippen molar-refractivity contribution in [1.29, 1.82) is 0 Å². The summed E-state index contributed by atoms with van der Waals surface area (Å²) in [5.74, 6) is 0.696. The van der Waals surface area contributed by atoms with Crippen molar-refractivity contribution in [2.75, 3.05) is 0 Å². The maximum atomic E-state index is 2.53. The van der Waals surface area contributed by atoms with Crippen molar-refractivity contribution in [3.63, 3.8) is 0 Å². The summed E-state index contributed by atoms with van der Waals surface area (Å²) >= 11 is 0. The highest BCUT2D eigenvalue weighted by atomic mass is 15.0. The van der Waals surface area contributed by atoms with Crippen LogP contribution in [0.4, 0.5) is 0 Å². The Labute approximate surface area is 291 Å². The Kier molecular flexibility index (Phi) is 14.1. The molecule has 0 aliphatic heterocycles. The molecule has 0 radical (unpaired) electrons. The molecule has 0 saturated heterocycles. The molecular weight excluding hydrogens is 581 g/mol. The van der Waals surface area contributed by atoms with E-state index in [0.717, 1.165) is 6.42 Å². The molecule has 1 unspecified atom stereocenters. The maximum Gasteiger partial charge on any atom is 0.0548 e. The predicted molar refractivity (Wildman–Crippen MR) is 218 cm³/mol. The van der Waals surface area contributed by atoms with E-state index in [4.69, 9.17) is 0 Å². The van der Waals surface area contributed by atoms with Gasteiger partial charge in [-0.25, -0.2) is 0 Å². The van der Waals surface area contributed by atoms with Gasteiger partial charge in [-0.05, 0) is 91.3 Å². The SMILES string of the molecule is CC.CC.CC.CC.CC.Cc1cccc(-n2c3ccccc3c3cc4c(cc32)c2ccccc2n4-c2cccc3c2CC(C)C3)c1C. The van der Waals surface area contributed by atoms with Crippen LogP contribution in [0.15, 0.2) is 97.1 Å². The van der Waals surface area contributed by atoms with Gasteiger partial charge in [0.15, 0.2) is 0 Å². The van der Waals surface area contributed by atoms with E-state index in [2.05, 4.69) is 127 Å². The van der Waals surface area contributed by atoms with Crippen LogP contribution in [-0.4, -0.2) is 9.13 Å². The molecule has 7 aromatic rings. The quantitative estimate of drug-likeness (QED) is 0.178. The standard InChI is InChI=1S/C36H30N2.5C2H6/c1-22-18-25-11-9-17-34(28(25)19-22)38-33-15-7-5-13-27(33)30-20-35-29(21-36(30)38)26-12-4-6-14-32(26)37(35)31-16-8-10-23(2)24(31)3;5*1-2/h4-17,20-22H,18-19H2,1-3H3;5*1-2H3. The van der Waals surface area contributed by atoms with Gasteiger partial charge in [-0.3, -0.25) is 0 Å². The topological polar surface area (TPSA) is 9.86 Å². The summed E-state index contributed by atoms with van der Waals surface area (Å²) in [6, 6.07) is 36.2. The fourth-order valence-corrected chi connectivity index (χ4v) is 6.98. The summed E-state index contributed by atoms with van der Waals surface area (Å²) in [4.78, 5) is 0. The van der Waals surface area contributed by atoms with E-state index in [-0.39, 0.29) is 0 Å². The number of para-hydroxylation sites is 2. The van der Waals surface area contributed by atoms with Crippen LogP contribution in [-0.2, 0) is 12.8 Å². The van der Waals surface area contributed by atoms with Crippen LogP contribution in [0, 0.1) is 19.8 Å². The van der Waals surface area contributed by atoms with E-state index < -0.39 is 0 Å². The van der Waals surface area contributed by atoms with E-state index in [1.165, 1.54) is 83.7 Å². The van der Waals surface area contributed by atoms with Crippen molar-refractivity contribution in [3.05, 3.63) is 119 Å². The van der Waals surface area contributed by atoms with Crippen LogP contribution in [0.1, 0.15) is 98.4 Å². The molecule has 5 aromatic carbocycles. The molecule has 8 rings (SSSR count). The molecular formula is C46H60N2. The molecule has 48 heavy (non-hydrogen) atoms. The molecule has 1 atom stereocenters. The van der Waals surface area contributed by atoms with Crippen molar-refractivity contribution in [1.82, 2.24) is 9.13 Å². The second-order valence-electron chi connectivity index (χ2n) is 11.2. The van der Waals surface area contributed by atoms with Gasteiger partial charge < -0.3 is 9.13 Å². The average Bonchev–Trinajstić information content (AvgIpc) is 3.81. The van der Waals surface area contributed by atoms with Gasteiger partial charge in [0.25, 0.3) is 0 Å². The number of aryl methyl sites for hydroxylation is 1. The molecule has 2 nitrogen and oxygen atoms in total. The minimum Gasteiger partial charge on any atom is -0.309 e. The van der Waals surface area contributed by atoms with Gasteiger partial charge >= 0.3 is 0 Å². The summed E-state index contributed by atoms with van der Waals surface area (Å²) < 4.78 is 5.01. The molecule has 2 heteroatoms. The molecule has 0 saturated carbocycles. The first-order chi connectivity index (χ1) is 23.6. The Morgan fingerprint density at radius 2 is 0.917 bits per heavy atom. The zero-order chi connectivity index (χ0) is 35.5. The van der Waals surface area contributed by atoms with Gasteiger partial charge in [-0.2, -0.15) is 0 Å². The summed E-state index contributed by atoms with van der Waals surface area (Å²) in [5.41, 5.74) is 13.4. The Bertz CT molecular complexity index is 2070. The molecule has 0 spiro atoms. The predicted octanol–water partition coefficient (Wildman–Crippen LogP) is 14.4. The van der Waals surface area contributed by atoms with Crippen LogP contribution >= 0.6 is 0 Å². The monoisotopic (exact) mass is 640 g/mol. The lowest BCUT2D eigenvalue weighted by molar-refractivity contribution is 0.627. The normalized spacial score (nSPS) is 12.7. The zero-order valence-corrected chi connectivity index (χ0v) is 32.1. The first kappa shape index (κ1) is 38.2. The van der Waals surface area contributed by atoms with Crippen molar-refractivity contribution in [3.8, 4) is 11.4 Å². The third-order valence-corrected chi connectivity index (χ3v) is 8.89. The summed E-state index contributed by atoms with van der Waals surface area (Å²) in [6.45, 7) is 26.8. The highest BCUT2D eigenvalue weighted by Gasteiger charge is 2.24. The third kappa shape index (κ3) is 6.68. The van der Waals surface area contributed by atoms with Gasteiger partial charge in [0, 0.05) is 32.9 Å². The van der Waals surface area contributed by atoms with E-state index in [0.29, 0.717) is 5.92 Å². The second kappa shape index (κ2) is 17.7. The third-order valence-electron chi connectivity index (χ3n) is 8.89. The molecule has 1 aliphatic carbocycles. The number of hydrogen-bond donors (Lipinski definition) is 0. The fraction of sp³-hybridized carbons (Fsp3) is 0.348. The second-order valence-corrected chi connectivity index (χ2v) is 11.2. The van der Waals surface area contributed by atoms with E-state index >= 15 is 0 Å². The maximum absolute atomic E-state index is 2.53. The van der Waals surface area contributed by atoms with Gasteiger partial charge in [0.2, 0.25) is 0 Å². The lowest BCUT2D eigenvalue weighted by Gasteiger charge is -2.14. The fourth-order valence-electron chi connectivity index (χ4n) is 6.98. The largest absolute Gasteiger partial charge is 0.309 e. The summed E-state index contributed by atoms with van der Waals surface area (Å²) in [5, 5.41) is 5.23. The highest BCUT2D eigenvalue weighted by Crippen LogP contribution is 2.41. The molecule has 254 valence electrons. The number of benzene rings is 5. The molecule has 0 amide bonds. The van der Waals surface area contributed by atoms with Crippen LogP contribution < -0.4 is 0 Å². The summed E-state index contributed by atoms with van der Waals surface area (Å²) in [6.07, 6.45) is 2.32. The number of aromatic nitrogens is 2. The zero-order valence-electron chi connectivity index (χ0n) is 32.1. The number of hydrogen-bond acceptors (Lipinski definition) is 0. The number of rotatable bonds is 2. The van der Waals surface area contributed by atoms with Gasteiger partial charge in [-0.1, -0.05) is 137 Å². The number of fused-ring (bicyclic) bond motifs is 7. The summed E-state index contributed by atoms with van der Waals surface area (Å²) in [7, 11) is 0. The van der Waals surface area contributed by atoms with Crippen molar-refractivity contribution < 1.29 is 0 Å². The molecule has 0 bridgehead atoms. The van der Waals surface area contributed by atoms with E-state index in [1.807, 2.05) is 69.2 Å². The number of nitrogens with zero attached hydrogens (tertiary/aromatic N) is 2. The molecule has 0 N–H and O–H groups in total. The van der Waals surface area contributed by atoms with Crippen LogP contribution in [0.25, 0.3) is 55.0 Å². The molecule has 2 heterocycles. The Morgan fingerprint density at radius 1 is 0.458 bits per heavy atom. The minimum absolute atomic E-state index is 0.696. The van der Waals surface area contributed by atoms with Crippen molar-refractivity contribution >= 4 is 43.6 Å².